The van der Waals surface area contributed by atoms with Crippen LogP contribution in [-0.4, -0.2) is 17.7 Å². The molecule has 0 radical (unpaired) electrons. The van der Waals surface area contributed by atoms with Crippen LogP contribution >= 0.6 is 11.6 Å². The predicted molar refractivity (Wildman–Crippen MR) is 130 cm³/mol. The van der Waals surface area contributed by atoms with Gasteiger partial charge in [-0.1, -0.05) is 41.4 Å². The van der Waals surface area contributed by atoms with E-state index in [1.807, 2.05) is 51.1 Å². The van der Waals surface area contributed by atoms with Gasteiger partial charge in [-0.3, -0.25) is 14.4 Å². The number of benzene rings is 3. The van der Waals surface area contributed by atoms with Gasteiger partial charge < -0.3 is 10.6 Å². The number of halogens is 1. The molecule has 4 rings (SSSR count). The van der Waals surface area contributed by atoms with Gasteiger partial charge in [-0.2, -0.15) is 0 Å². The maximum Gasteiger partial charge on any atom is 0.283 e. The summed E-state index contributed by atoms with van der Waals surface area (Å²) in [6.07, 6.45) is 0. The Kier molecular flexibility index (Phi) is 6.03. The summed E-state index contributed by atoms with van der Waals surface area (Å²) in [5.41, 5.74) is 5.08. The first-order chi connectivity index (χ1) is 15.8. The molecular weight excluding hydrogens is 438 g/mol. The van der Waals surface area contributed by atoms with E-state index < -0.39 is 11.8 Å². The van der Waals surface area contributed by atoms with Crippen LogP contribution in [0.4, 0.5) is 17.1 Å². The third kappa shape index (κ3) is 4.38. The highest BCUT2D eigenvalue weighted by Crippen LogP contribution is 2.32. The van der Waals surface area contributed by atoms with Gasteiger partial charge in [0.2, 0.25) is 0 Å². The minimum absolute atomic E-state index is 0.000528. The van der Waals surface area contributed by atoms with Crippen molar-refractivity contribution >= 4 is 46.4 Å². The maximum absolute atomic E-state index is 13.0. The van der Waals surface area contributed by atoms with Crippen molar-refractivity contribution in [3.05, 3.63) is 99.7 Å². The van der Waals surface area contributed by atoms with Gasteiger partial charge in [0, 0.05) is 16.9 Å². The summed E-state index contributed by atoms with van der Waals surface area (Å²) in [5.74, 6) is -1.36. The number of carbonyl (C=O) groups is 3. The molecule has 0 unspecified atom stereocenters. The fourth-order valence-electron chi connectivity index (χ4n) is 3.50. The minimum Gasteiger partial charge on any atom is -0.350 e. The van der Waals surface area contributed by atoms with Crippen molar-refractivity contribution in [3.63, 3.8) is 0 Å². The fourth-order valence-corrected chi connectivity index (χ4v) is 3.71. The first-order valence-corrected chi connectivity index (χ1v) is 10.7. The molecule has 1 aliphatic rings. The number of nitrogens with zero attached hydrogens (tertiary/aromatic N) is 1. The minimum atomic E-state index is -0.577. The Labute approximate surface area is 196 Å². The van der Waals surface area contributed by atoms with Crippen molar-refractivity contribution in [2.24, 2.45) is 0 Å². The standard InChI is InChI=1S/C26H22ClN3O3/c1-15-7-11-20(12-8-15)29-24(31)18-9-13-19(14-10-18)28-23-22(27)25(32)30(26(23)33)21-6-4-5-16(2)17(21)3/h4-14,28H,1-3H3,(H,29,31). The summed E-state index contributed by atoms with van der Waals surface area (Å²) in [6.45, 7) is 5.74. The second kappa shape index (κ2) is 8.92. The monoisotopic (exact) mass is 459 g/mol. The third-order valence-corrected chi connectivity index (χ3v) is 5.92. The molecule has 3 aromatic rings. The summed E-state index contributed by atoms with van der Waals surface area (Å²) in [6, 6.07) is 19.5. The van der Waals surface area contributed by atoms with E-state index in [0.29, 0.717) is 22.6 Å². The Morgan fingerprint density at radius 3 is 2.12 bits per heavy atom. The van der Waals surface area contributed by atoms with E-state index in [9.17, 15) is 14.4 Å². The van der Waals surface area contributed by atoms with Crippen molar-refractivity contribution in [1.29, 1.82) is 0 Å². The zero-order valence-electron chi connectivity index (χ0n) is 18.4. The molecule has 0 aromatic heterocycles. The Hall–Kier alpha value is -3.90. The highest BCUT2D eigenvalue weighted by atomic mass is 35.5. The van der Waals surface area contributed by atoms with Gasteiger partial charge in [0.1, 0.15) is 10.7 Å². The maximum atomic E-state index is 13.0. The van der Waals surface area contributed by atoms with E-state index in [1.165, 1.54) is 0 Å². The molecule has 1 aliphatic heterocycles. The first kappa shape index (κ1) is 22.3. The van der Waals surface area contributed by atoms with Gasteiger partial charge in [-0.15, -0.1) is 0 Å². The number of hydrogen-bond donors (Lipinski definition) is 2. The van der Waals surface area contributed by atoms with Crippen molar-refractivity contribution in [2.45, 2.75) is 20.8 Å². The molecular formula is C26H22ClN3O3. The Balaban J connectivity index is 1.50. The number of rotatable bonds is 5. The number of hydrogen-bond acceptors (Lipinski definition) is 4. The van der Waals surface area contributed by atoms with Gasteiger partial charge in [0.05, 0.1) is 5.69 Å². The van der Waals surface area contributed by atoms with E-state index in [2.05, 4.69) is 10.6 Å². The molecule has 3 aromatic carbocycles. The van der Waals surface area contributed by atoms with Crippen molar-refractivity contribution in [3.8, 4) is 0 Å². The summed E-state index contributed by atoms with van der Waals surface area (Å²) < 4.78 is 0. The van der Waals surface area contributed by atoms with E-state index in [4.69, 9.17) is 11.6 Å². The summed E-state index contributed by atoms with van der Waals surface area (Å²) in [7, 11) is 0. The van der Waals surface area contributed by atoms with Gasteiger partial charge in [0.25, 0.3) is 17.7 Å². The lowest BCUT2D eigenvalue weighted by molar-refractivity contribution is -0.120. The fraction of sp³-hybridized carbons (Fsp3) is 0.115. The quantitative estimate of drug-likeness (QED) is 0.507. The lowest BCUT2D eigenvalue weighted by Crippen LogP contribution is -2.33. The molecule has 0 spiro atoms. The molecule has 0 bridgehead atoms. The van der Waals surface area contributed by atoms with E-state index in [0.717, 1.165) is 21.6 Å². The van der Waals surface area contributed by atoms with Gasteiger partial charge in [0.15, 0.2) is 0 Å². The summed E-state index contributed by atoms with van der Waals surface area (Å²) in [5, 5.41) is 5.59. The van der Waals surface area contributed by atoms with Crippen LogP contribution in [0.1, 0.15) is 27.0 Å². The highest BCUT2D eigenvalue weighted by molar-refractivity contribution is 6.53. The summed E-state index contributed by atoms with van der Waals surface area (Å²) >= 11 is 6.23. The van der Waals surface area contributed by atoms with Crippen LogP contribution in [0.3, 0.4) is 0 Å². The normalized spacial score (nSPS) is 13.5. The molecule has 0 fully saturated rings. The van der Waals surface area contributed by atoms with Gasteiger partial charge >= 0.3 is 0 Å². The summed E-state index contributed by atoms with van der Waals surface area (Å²) in [4.78, 5) is 39.3. The largest absolute Gasteiger partial charge is 0.350 e. The van der Waals surface area contributed by atoms with Crippen LogP contribution < -0.4 is 15.5 Å². The Bertz CT molecular complexity index is 1300. The SMILES string of the molecule is Cc1ccc(NC(=O)c2ccc(NC3=C(Cl)C(=O)N(c4cccc(C)c4C)C3=O)cc2)cc1. The lowest BCUT2D eigenvalue weighted by Gasteiger charge is -2.18. The second-order valence-corrected chi connectivity index (χ2v) is 8.25. The average Bonchev–Trinajstić information content (AvgIpc) is 3.01. The molecule has 0 aliphatic carbocycles. The van der Waals surface area contributed by atoms with E-state index in [-0.39, 0.29) is 16.6 Å². The number of anilines is 3. The molecule has 2 N–H and O–H groups in total. The number of carbonyl (C=O) groups excluding carboxylic acids is 3. The molecule has 1 heterocycles. The molecule has 0 atom stereocenters. The number of nitrogens with one attached hydrogen (secondary N) is 2. The zero-order valence-corrected chi connectivity index (χ0v) is 19.2. The number of imide groups is 1. The van der Waals surface area contributed by atoms with Gasteiger partial charge in [-0.05, 0) is 74.4 Å². The van der Waals surface area contributed by atoms with E-state index >= 15 is 0 Å². The molecule has 33 heavy (non-hydrogen) atoms. The third-order valence-electron chi connectivity index (χ3n) is 5.57. The van der Waals surface area contributed by atoms with Crippen LogP contribution in [-0.2, 0) is 9.59 Å². The first-order valence-electron chi connectivity index (χ1n) is 10.4. The molecule has 0 saturated heterocycles. The van der Waals surface area contributed by atoms with Gasteiger partial charge in [-0.25, -0.2) is 4.90 Å². The number of amides is 3. The Morgan fingerprint density at radius 1 is 0.818 bits per heavy atom. The van der Waals surface area contributed by atoms with Crippen LogP contribution in [0.2, 0.25) is 0 Å². The topological polar surface area (TPSA) is 78.5 Å². The van der Waals surface area contributed by atoms with Crippen LogP contribution in [0, 0.1) is 20.8 Å². The molecule has 166 valence electrons. The zero-order chi connectivity index (χ0) is 23.7. The molecule has 0 saturated carbocycles. The lowest BCUT2D eigenvalue weighted by atomic mass is 10.1. The molecule has 3 amide bonds. The van der Waals surface area contributed by atoms with Crippen molar-refractivity contribution < 1.29 is 14.4 Å². The molecule has 7 heteroatoms. The second-order valence-electron chi connectivity index (χ2n) is 7.88. The predicted octanol–water partition coefficient (Wildman–Crippen LogP) is 5.30. The number of aryl methyl sites for hydroxylation is 2. The molecule has 6 nitrogen and oxygen atoms in total. The van der Waals surface area contributed by atoms with E-state index in [1.54, 1.807) is 36.4 Å². The van der Waals surface area contributed by atoms with Crippen LogP contribution in [0.5, 0.6) is 0 Å². The highest BCUT2D eigenvalue weighted by Gasteiger charge is 2.39. The van der Waals surface area contributed by atoms with Crippen LogP contribution in [0.15, 0.2) is 77.5 Å². The van der Waals surface area contributed by atoms with Crippen molar-refractivity contribution in [1.82, 2.24) is 0 Å². The Morgan fingerprint density at radius 2 is 1.45 bits per heavy atom. The van der Waals surface area contributed by atoms with Crippen molar-refractivity contribution in [2.75, 3.05) is 15.5 Å². The smallest absolute Gasteiger partial charge is 0.283 e. The van der Waals surface area contributed by atoms with Crippen LogP contribution in [0.25, 0.3) is 0 Å². The average molecular weight is 460 g/mol.